The summed E-state index contributed by atoms with van der Waals surface area (Å²) < 4.78 is 10.3. The minimum Gasteiger partial charge on any atom is -0.399 e. The number of carbonyl (C=O) groups is 1. The Morgan fingerprint density at radius 1 is 1.40 bits per heavy atom. The summed E-state index contributed by atoms with van der Waals surface area (Å²) in [6, 6.07) is -0.486. The lowest BCUT2D eigenvalue weighted by Gasteiger charge is -2.18. The molecule has 0 heterocycles. The summed E-state index contributed by atoms with van der Waals surface area (Å²) in [6.07, 6.45) is 2.64. The van der Waals surface area contributed by atoms with Crippen molar-refractivity contribution in [2.24, 2.45) is 11.5 Å². The van der Waals surface area contributed by atoms with Crippen LogP contribution in [0.4, 0.5) is 4.79 Å². The van der Waals surface area contributed by atoms with E-state index in [1.807, 2.05) is 0 Å². The van der Waals surface area contributed by atoms with E-state index in [1.54, 1.807) is 14.2 Å². The lowest BCUT2D eigenvalue weighted by atomic mass is 10.2. The second-order valence-electron chi connectivity index (χ2n) is 3.29. The van der Waals surface area contributed by atoms with E-state index in [1.165, 1.54) is 0 Å². The molecule has 0 rings (SSSR count). The number of urea groups is 1. The van der Waals surface area contributed by atoms with Gasteiger partial charge in [-0.1, -0.05) is 6.42 Å². The summed E-state index contributed by atoms with van der Waals surface area (Å²) in [7, 11) is 1.55. The zero-order chi connectivity index (χ0) is 11.7. The molecule has 1 atom stereocenters. The molecular formula is C8H21N3O3Si. The molecule has 0 spiro atoms. The topological polar surface area (TPSA) is 99.6 Å². The normalized spacial score (nSPS) is 12.8. The first-order chi connectivity index (χ1) is 7.11. The molecule has 1 unspecified atom stereocenters. The van der Waals surface area contributed by atoms with Crippen LogP contribution < -0.4 is 16.8 Å². The standard InChI is InChI=1S/C8H21N3O3Si/c1-13-15(14-2)7(9)5-3-4-6-11-8(10)12/h7,15H,3-6,9H2,1-2H3,(H3,10,11,12). The number of rotatable bonds is 8. The molecule has 0 aliphatic carbocycles. The fourth-order valence-corrected chi connectivity index (χ4v) is 2.70. The number of hydrogen-bond acceptors (Lipinski definition) is 4. The Kier molecular flexibility index (Phi) is 8.29. The lowest BCUT2D eigenvalue weighted by molar-refractivity contribution is 0.248. The van der Waals surface area contributed by atoms with Gasteiger partial charge in [0.2, 0.25) is 0 Å². The molecule has 0 radical (unpaired) electrons. The molecule has 2 amide bonds. The quantitative estimate of drug-likeness (QED) is 0.379. The maximum absolute atomic E-state index is 10.4. The third kappa shape index (κ3) is 7.31. The number of hydrogen-bond donors (Lipinski definition) is 3. The molecule has 0 aromatic heterocycles. The van der Waals surface area contributed by atoms with Crippen molar-refractivity contribution in [1.29, 1.82) is 0 Å². The average molecular weight is 235 g/mol. The summed E-state index contributed by atoms with van der Waals surface area (Å²) in [4.78, 5) is 10.4. The van der Waals surface area contributed by atoms with Crippen LogP contribution in [0.3, 0.4) is 0 Å². The predicted molar refractivity (Wildman–Crippen MR) is 60.6 cm³/mol. The molecule has 90 valence electrons. The first kappa shape index (κ1) is 14.4. The van der Waals surface area contributed by atoms with Crippen molar-refractivity contribution in [3.63, 3.8) is 0 Å². The Bertz CT molecular complexity index is 179. The number of carbonyl (C=O) groups excluding carboxylic acids is 1. The highest BCUT2D eigenvalue weighted by Crippen LogP contribution is 2.02. The van der Waals surface area contributed by atoms with Gasteiger partial charge in [-0.3, -0.25) is 0 Å². The van der Waals surface area contributed by atoms with Gasteiger partial charge in [-0.25, -0.2) is 4.79 Å². The Hall–Kier alpha value is -0.633. The van der Waals surface area contributed by atoms with Crippen molar-refractivity contribution in [1.82, 2.24) is 5.32 Å². The lowest BCUT2D eigenvalue weighted by Crippen LogP contribution is -2.42. The van der Waals surface area contributed by atoms with E-state index in [4.69, 9.17) is 20.3 Å². The van der Waals surface area contributed by atoms with Crippen molar-refractivity contribution < 1.29 is 13.6 Å². The van der Waals surface area contributed by atoms with E-state index in [0.29, 0.717) is 6.54 Å². The Morgan fingerprint density at radius 2 is 2.00 bits per heavy atom. The summed E-state index contributed by atoms with van der Waals surface area (Å²) in [5.74, 6) is 0. The van der Waals surface area contributed by atoms with Crippen LogP contribution in [0.1, 0.15) is 19.3 Å². The number of nitrogens with two attached hydrogens (primary N) is 2. The number of unbranched alkanes of at least 4 members (excludes halogenated alkanes) is 1. The van der Waals surface area contributed by atoms with E-state index in [0.717, 1.165) is 19.3 Å². The summed E-state index contributed by atoms with van der Waals surface area (Å²) in [6.45, 7) is 0.592. The third-order valence-electron chi connectivity index (χ3n) is 2.08. The summed E-state index contributed by atoms with van der Waals surface area (Å²) >= 11 is 0. The summed E-state index contributed by atoms with van der Waals surface area (Å²) in [5, 5.41) is 2.52. The highest BCUT2D eigenvalue weighted by molar-refractivity contribution is 6.46. The van der Waals surface area contributed by atoms with Crippen LogP contribution in [0.15, 0.2) is 0 Å². The number of primary amides is 1. The van der Waals surface area contributed by atoms with Crippen LogP contribution in [-0.2, 0) is 8.85 Å². The monoisotopic (exact) mass is 235 g/mol. The molecular weight excluding hydrogens is 214 g/mol. The van der Waals surface area contributed by atoms with Crippen LogP contribution >= 0.6 is 0 Å². The molecule has 15 heavy (non-hydrogen) atoms. The van der Waals surface area contributed by atoms with Crippen molar-refractivity contribution in [3.8, 4) is 0 Å². The van der Waals surface area contributed by atoms with Gasteiger partial charge in [-0.2, -0.15) is 0 Å². The minimum absolute atomic E-state index is 0.00595. The SMILES string of the molecule is CO[SiH](OC)C(N)CCCCNC(N)=O. The maximum atomic E-state index is 10.4. The predicted octanol–water partition coefficient (Wildman–Crippen LogP) is -0.795. The zero-order valence-electron chi connectivity index (χ0n) is 9.36. The smallest absolute Gasteiger partial charge is 0.338 e. The Morgan fingerprint density at radius 3 is 2.47 bits per heavy atom. The first-order valence-electron chi connectivity index (χ1n) is 4.96. The van der Waals surface area contributed by atoms with E-state index >= 15 is 0 Å². The van der Waals surface area contributed by atoms with Gasteiger partial charge in [0.15, 0.2) is 0 Å². The molecule has 0 aromatic rings. The largest absolute Gasteiger partial charge is 0.399 e. The maximum Gasteiger partial charge on any atom is 0.338 e. The summed E-state index contributed by atoms with van der Waals surface area (Å²) in [5.41, 5.74) is 10.8. The third-order valence-corrected chi connectivity index (χ3v) is 4.04. The molecule has 0 saturated heterocycles. The molecule has 5 N–H and O–H groups in total. The van der Waals surface area contributed by atoms with Gasteiger partial charge in [-0.05, 0) is 12.8 Å². The van der Waals surface area contributed by atoms with Crippen LogP contribution in [-0.4, -0.2) is 41.7 Å². The first-order valence-corrected chi connectivity index (χ1v) is 6.57. The Labute approximate surface area is 92.1 Å². The van der Waals surface area contributed by atoms with Crippen molar-refractivity contribution in [3.05, 3.63) is 0 Å². The van der Waals surface area contributed by atoms with E-state index in [-0.39, 0.29) is 5.67 Å². The minimum atomic E-state index is -1.69. The van der Waals surface area contributed by atoms with Gasteiger partial charge in [0.25, 0.3) is 0 Å². The molecule has 0 saturated carbocycles. The van der Waals surface area contributed by atoms with Gasteiger partial charge < -0.3 is 25.6 Å². The van der Waals surface area contributed by atoms with Crippen LogP contribution in [0.2, 0.25) is 0 Å². The van der Waals surface area contributed by atoms with Crippen molar-refractivity contribution >= 4 is 15.3 Å². The fraction of sp³-hybridized carbons (Fsp3) is 0.875. The average Bonchev–Trinajstić information content (AvgIpc) is 2.18. The molecule has 0 aliphatic rings. The van der Waals surface area contributed by atoms with E-state index in [9.17, 15) is 4.79 Å². The number of amides is 2. The highest BCUT2D eigenvalue weighted by atomic mass is 28.3. The second-order valence-corrected chi connectivity index (χ2v) is 5.83. The molecule has 6 nitrogen and oxygen atoms in total. The van der Waals surface area contributed by atoms with Crippen LogP contribution in [0.25, 0.3) is 0 Å². The van der Waals surface area contributed by atoms with Crippen molar-refractivity contribution in [2.75, 3.05) is 20.8 Å². The van der Waals surface area contributed by atoms with Gasteiger partial charge in [-0.15, -0.1) is 0 Å². The molecule has 0 bridgehead atoms. The fourth-order valence-electron chi connectivity index (χ4n) is 1.30. The van der Waals surface area contributed by atoms with E-state index in [2.05, 4.69) is 5.32 Å². The highest BCUT2D eigenvalue weighted by Gasteiger charge is 2.19. The van der Waals surface area contributed by atoms with E-state index < -0.39 is 15.3 Å². The molecule has 0 aliphatic heterocycles. The van der Waals surface area contributed by atoms with Gasteiger partial charge in [0.1, 0.15) is 0 Å². The number of nitrogens with one attached hydrogen (secondary N) is 1. The Balaban J connectivity index is 3.45. The van der Waals surface area contributed by atoms with Gasteiger partial charge >= 0.3 is 15.3 Å². The molecule has 0 fully saturated rings. The molecule has 7 heteroatoms. The van der Waals surface area contributed by atoms with Crippen molar-refractivity contribution in [2.45, 2.75) is 24.9 Å². The molecule has 0 aromatic carbocycles. The van der Waals surface area contributed by atoms with Crippen LogP contribution in [0.5, 0.6) is 0 Å². The van der Waals surface area contributed by atoms with Gasteiger partial charge in [0.05, 0.1) is 0 Å². The zero-order valence-corrected chi connectivity index (χ0v) is 10.5. The van der Waals surface area contributed by atoms with Gasteiger partial charge in [0, 0.05) is 26.4 Å². The van der Waals surface area contributed by atoms with Crippen LogP contribution in [0, 0.1) is 0 Å². The second kappa shape index (κ2) is 8.66.